The van der Waals surface area contributed by atoms with Gasteiger partial charge in [0.1, 0.15) is 17.4 Å². The molecule has 4 rings (SSSR count). The van der Waals surface area contributed by atoms with Gasteiger partial charge in [0, 0.05) is 19.1 Å². The predicted molar refractivity (Wildman–Crippen MR) is 98.1 cm³/mol. The van der Waals surface area contributed by atoms with E-state index in [4.69, 9.17) is 4.74 Å². The minimum absolute atomic E-state index is 0.0722. The third-order valence-electron chi connectivity index (χ3n) is 5.41. The van der Waals surface area contributed by atoms with Crippen molar-refractivity contribution >= 4 is 11.7 Å². The van der Waals surface area contributed by atoms with Crippen LogP contribution in [-0.2, 0) is 13.0 Å². The molecule has 7 nitrogen and oxygen atoms in total. The van der Waals surface area contributed by atoms with Gasteiger partial charge in [0.2, 0.25) is 0 Å². The van der Waals surface area contributed by atoms with E-state index in [0.717, 1.165) is 11.1 Å². The molecule has 2 N–H and O–H groups in total. The Bertz CT molecular complexity index is 915. The number of benzene rings is 1. The first-order chi connectivity index (χ1) is 13.4. The van der Waals surface area contributed by atoms with E-state index in [1.54, 1.807) is 17.0 Å². The highest BCUT2D eigenvalue weighted by molar-refractivity contribution is 5.99. The van der Waals surface area contributed by atoms with E-state index < -0.39 is 12.5 Å². The molecule has 0 unspecified atom stereocenters. The van der Waals surface area contributed by atoms with Crippen LogP contribution in [0, 0.1) is 0 Å². The van der Waals surface area contributed by atoms with Crippen LogP contribution in [0.2, 0.25) is 0 Å². The van der Waals surface area contributed by atoms with Crippen molar-refractivity contribution in [1.82, 2.24) is 14.7 Å². The van der Waals surface area contributed by atoms with Gasteiger partial charge in [-0.15, -0.1) is 0 Å². The quantitative estimate of drug-likeness (QED) is 0.840. The average Bonchev–Trinajstić information content (AvgIpc) is 3.09. The van der Waals surface area contributed by atoms with Gasteiger partial charge >= 0.3 is 0 Å². The first kappa shape index (κ1) is 18.5. The second kappa shape index (κ2) is 6.96. The van der Waals surface area contributed by atoms with Gasteiger partial charge in [0.15, 0.2) is 11.5 Å². The van der Waals surface area contributed by atoms with Crippen molar-refractivity contribution in [3.05, 3.63) is 35.0 Å². The number of methoxy groups -OCH3 is 1. The maximum absolute atomic E-state index is 13.4. The number of amides is 1. The molecule has 1 aromatic carbocycles. The van der Waals surface area contributed by atoms with Gasteiger partial charge in [-0.1, -0.05) is 0 Å². The number of ether oxygens (including phenoxy) is 1. The maximum Gasteiger partial charge on any atom is 0.260 e. The van der Waals surface area contributed by atoms with Crippen LogP contribution in [0.5, 0.6) is 11.5 Å². The second-order valence-corrected chi connectivity index (χ2v) is 7.30. The molecule has 0 bridgehead atoms. The zero-order chi connectivity index (χ0) is 20.0. The van der Waals surface area contributed by atoms with Gasteiger partial charge in [-0.05, 0) is 43.0 Å². The van der Waals surface area contributed by atoms with Crippen molar-refractivity contribution in [3.63, 3.8) is 0 Å². The topological polar surface area (TPSA) is 79.6 Å². The van der Waals surface area contributed by atoms with Crippen molar-refractivity contribution in [2.45, 2.75) is 44.8 Å². The number of alkyl halides is 2. The molecular weight excluding hydrogens is 370 g/mol. The Labute approximate surface area is 160 Å². The number of hydrogen-bond donors (Lipinski definition) is 2. The minimum atomic E-state index is -2.55. The molecule has 0 saturated heterocycles. The number of fused-ring (bicyclic) bond motifs is 2. The van der Waals surface area contributed by atoms with E-state index in [9.17, 15) is 18.7 Å². The molecule has 0 radical (unpaired) electrons. The van der Waals surface area contributed by atoms with Gasteiger partial charge in [-0.2, -0.15) is 5.10 Å². The predicted octanol–water partition coefficient (Wildman–Crippen LogP) is 2.81. The number of anilines is 1. The van der Waals surface area contributed by atoms with Crippen molar-refractivity contribution < 1.29 is 23.4 Å². The number of phenols is 1. The highest BCUT2D eigenvalue weighted by Gasteiger charge is 2.35. The van der Waals surface area contributed by atoms with E-state index in [1.807, 2.05) is 6.92 Å². The molecule has 1 aromatic heterocycles. The molecule has 3 heterocycles. The summed E-state index contributed by atoms with van der Waals surface area (Å²) in [6.45, 7) is 2.63. The lowest BCUT2D eigenvalue weighted by molar-refractivity contribution is 0.0660. The molecule has 28 heavy (non-hydrogen) atoms. The Hall–Kier alpha value is -2.84. The van der Waals surface area contributed by atoms with E-state index in [2.05, 4.69) is 10.4 Å². The molecule has 2 aliphatic rings. The minimum Gasteiger partial charge on any atom is -0.504 e. The Kier molecular flexibility index (Phi) is 4.60. The number of halogens is 2. The number of aromatic nitrogens is 2. The summed E-state index contributed by atoms with van der Waals surface area (Å²) >= 11 is 0. The molecule has 150 valence electrons. The van der Waals surface area contributed by atoms with Crippen LogP contribution in [0.25, 0.3) is 0 Å². The van der Waals surface area contributed by atoms with Gasteiger partial charge < -0.3 is 20.1 Å². The monoisotopic (exact) mass is 392 g/mol. The smallest absolute Gasteiger partial charge is 0.260 e. The van der Waals surface area contributed by atoms with Crippen LogP contribution in [0.1, 0.15) is 40.9 Å². The van der Waals surface area contributed by atoms with Crippen molar-refractivity contribution in [3.8, 4) is 11.5 Å². The van der Waals surface area contributed by atoms with Crippen LogP contribution in [0.3, 0.4) is 0 Å². The van der Waals surface area contributed by atoms with Gasteiger partial charge in [-0.25, -0.2) is 13.5 Å². The lowest BCUT2D eigenvalue weighted by atomic mass is 9.98. The highest BCUT2D eigenvalue weighted by atomic mass is 19.3. The number of hydrogen-bond acceptors (Lipinski definition) is 5. The first-order valence-corrected chi connectivity index (χ1v) is 9.19. The summed E-state index contributed by atoms with van der Waals surface area (Å²) in [5.74, 6) is 0.519. The fraction of sp³-hybridized carbons (Fsp3) is 0.474. The zero-order valence-electron chi connectivity index (χ0n) is 15.7. The number of carbonyl (C=O) groups excluding carboxylic acids is 1. The van der Waals surface area contributed by atoms with Crippen LogP contribution in [-0.4, -0.2) is 51.8 Å². The van der Waals surface area contributed by atoms with Gasteiger partial charge in [0.25, 0.3) is 12.3 Å². The molecule has 0 saturated carbocycles. The molecule has 1 amide bonds. The molecular formula is C19H22F2N4O3. The molecule has 0 spiro atoms. The second-order valence-electron chi connectivity index (χ2n) is 7.30. The summed E-state index contributed by atoms with van der Waals surface area (Å²) in [6.07, 6.45) is -0.343. The fourth-order valence-corrected chi connectivity index (χ4v) is 3.96. The lowest BCUT2D eigenvalue weighted by Gasteiger charge is -2.32. The number of nitrogens with one attached hydrogen (secondary N) is 1. The number of aromatic hydroxyl groups is 1. The Morgan fingerprint density at radius 3 is 2.89 bits per heavy atom. The van der Waals surface area contributed by atoms with Crippen molar-refractivity contribution in [2.24, 2.45) is 0 Å². The van der Waals surface area contributed by atoms with Crippen LogP contribution >= 0.6 is 0 Å². The van der Waals surface area contributed by atoms with Crippen molar-refractivity contribution in [2.75, 3.05) is 19.0 Å². The summed E-state index contributed by atoms with van der Waals surface area (Å²) in [6, 6.07) is 2.17. The summed E-state index contributed by atoms with van der Waals surface area (Å²) < 4.78 is 33.2. The molecule has 2 aromatic rings. The molecule has 9 heteroatoms. The van der Waals surface area contributed by atoms with Crippen LogP contribution in [0.15, 0.2) is 18.3 Å². The van der Waals surface area contributed by atoms with Crippen molar-refractivity contribution in [1.29, 1.82) is 0 Å². The van der Waals surface area contributed by atoms with Gasteiger partial charge in [0.05, 0.1) is 13.3 Å². The van der Waals surface area contributed by atoms with E-state index in [1.165, 1.54) is 18.0 Å². The standard InChI is InChI=1S/C19H22F2N4O3/c1-10-5-14(17(20)21)25-18(23-10)13(8-22-25)19(27)24-4-3-11-6-15(26)16(28-2)7-12(11)9-24/h6-8,10,14,17,23,26H,3-5,9H2,1-2H3/t10-,14-/m0/s1. The molecule has 0 aliphatic carbocycles. The first-order valence-electron chi connectivity index (χ1n) is 9.19. The Morgan fingerprint density at radius 1 is 1.39 bits per heavy atom. The largest absolute Gasteiger partial charge is 0.504 e. The molecule has 2 atom stereocenters. The number of carbonyl (C=O) groups is 1. The number of nitrogens with zero attached hydrogens (tertiary/aromatic N) is 3. The third-order valence-corrected chi connectivity index (χ3v) is 5.41. The third kappa shape index (κ3) is 3.04. The zero-order valence-corrected chi connectivity index (χ0v) is 15.7. The highest BCUT2D eigenvalue weighted by Crippen LogP contribution is 2.35. The summed E-state index contributed by atoms with van der Waals surface area (Å²) in [4.78, 5) is 14.8. The van der Waals surface area contributed by atoms with Gasteiger partial charge in [-0.3, -0.25) is 4.79 Å². The fourth-order valence-electron chi connectivity index (χ4n) is 3.96. The normalized spacial score (nSPS) is 21.1. The maximum atomic E-state index is 13.4. The van der Waals surface area contributed by atoms with E-state index in [-0.39, 0.29) is 24.1 Å². The Balaban J connectivity index is 1.61. The van der Waals surface area contributed by atoms with E-state index in [0.29, 0.717) is 36.6 Å². The summed E-state index contributed by atoms with van der Waals surface area (Å²) in [5.41, 5.74) is 2.15. The number of rotatable bonds is 3. The Morgan fingerprint density at radius 2 is 2.18 bits per heavy atom. The summed E-state index contributed by atoms with van der Waals surface area (Å²) in [7, 11) is 1.47. The van der Waals surface area contributed by atoms with Crippen LogP contribution < -0.4 is 10.1 Å². The SMILES string of the molecule is COc1cc2c(cc1O)CCN(C(=O)c1cnn3c1N[C@@H](C)C[C@H]3C(F)F)C2. The average molecular weight is 392 g/mol. The number of phenolic OH excluding ortho intramolecular Hbond substituents is 1. The lowest BCUT2D eigenvalue weighted by Crippen LogP contribution is -2.38. The molecule has 2 aliphatic heterocycles. The van der Waals surface area contributed by atoms with Crippen LogP contribution in [0.4, 0.5) is 14.6 Å². The summed E-state index contributed by atoms with van der Waals surface area (Å²) in [5, 5.41) is 17.1. The van der Waals surface area contributed by atoms with E-state index >= 15 is 0 Å². The molecule has 0 fully saturated rings.